The third-order valence-electron chi connectivity index (χ3n) is 5.84. The predicted octanol–water partition coefficient (Wildman–Crippen LogP) is 2.91. The van der Waals surface area contributed by atoms with Gasteiger partial charge in [-0.1, -0.05) is 17.7 Å². The maximum Gasteiger partial charge on any atom is 0.222 e. The summed E-state index contributed by atoms with van der Waals surface area (Å²) >= 11 is 6.08. The smallest absolute Gasteiger partial charge is 0.222 e. The molecule has 1 N–H and O–H groups in total. The minimum atomic E-state index is 0.354. The predicted molar refractivity (Wildman–Crippen MR) is 97.5 cm³/mol. The molecule has 2 bridgehead atoms. The zero-order valence-corrected chi connectivity index (χ0v) is 14.8. The molecule has 1 amide bonds. The molecule has 4 rings (SSSR count). The number of carbonyl (C=O) groups is 1. The third-order valence-corrected chi connectivity index (χ3v) is 6.07. The Kier molecular flexibility index (Phi) is 4.68. The van der Waals surface area contributed by atoms with Gasteiger partial charge in [0.2, 0.25) is 5.91 Å². The molecule has 24 heavy (non-hydrogen) atoms. The summed E-state index contributed by atoms with van der Waals surface area (Å²) in [6.07, 6.45) is 5.71. The van der Waals surface area contributed by atoms with Gasteiger partial charge in [0.1, 0.15) is 0 Å². The number of anilines is 1. The molecule has 0 saturated carbocycles. The molecule has 0 radical (unpaired) electrons. The summed E-state index contributed by atoms with van der Waals surface area (Å²) in [5, 5.41) is 4.43. The molecule has 0 aliphatic carbocycles. The Bertz CT molecular complexity index is 588. The van der Waals surface area contributed by atoms with Crippen molar-refractivity contribution in [1.82, 2.24) is 10.2 Å². The number of rotatable bonds is 3. The van der Waals surface area contributed by atoms with Gasteiger partial charge in [0.05, 0.1) is 0 Å². The first kappa shape index (κ1) is 16.2. The number of hydrogen-bond acceptors (Lipinski definition) is 3. The van der Waals surface area contributed by atoms with Crippen LogP contribution in [0.2, 0.25) is 5.02 Å². The first-order chi connectivity index (χ1) is 11.7. The van der Waals surface area contributed by atoms with Crippen molar-refractivity contribution in [1.29, 1.82) is 0 Å². The van der Waals surface area contributed by atoms with Crippen molar-refractivity contribution in [2.24, 2.45) is 5.92 Å². The zero-order valence-electron chi connectivity index (χ0n) is 14.1. The van der Waals surface area contributed by atoms with Crippen molar-refractivity contribution in [3.63, 3.8) is 0 Å². The highest BCUT2D eigenvalue weighted by Gasteiger charge is 2.35. The number of hydrogen-bond donors (Lipinski definition) is 1. The highest BCUT2D eigenvalue weighted by atomic mass is 35.5. The topological polar surface area (TPSA) is 35.6 Å². The molecule has 3 saturated heterocycles. The van der Waals surface area contributed by atoms with Crippen LogP contribution in [0.3, 0.4) is 0 Å². The Hall–Kier alpha value is -1.26. The maximum absolute atomic E-state index is 12.7. The van der Waals surface area contributed by atoms with Crippen molar-refractivity contribution < 1.29 is 4.79 Å². The highest BCUT2D eigenvalue weighted by molar-refractivity contribution is 6.30. The lowest BCUT2D eigenvalue weighted by atomic mass is 9.89. The second-order valence-electron chi connectivity index (χ2n) is 7.53. The number of fused-ring (bicyclic) bond motifs is 2. The van der Waals surface area contributed by atoms with E-state index in [1.165, 1.54) is 25.7 Å². The Labute approximate surface area is 149 Å². The lowest BCUT2D eigenvalue weighted by molar-refractivity contribution is -0.132. The Morgan fingerprint density at radius 2 is 1.83 bits per heavy atom. The number of piperazine rings is 1. The van der Waals surface area contributed by atoms with Crippen molar-refractivity contribution in [3.8, 4) is 0 Å². The van der Waals surface area contributed by atoms with Gasteiger partial charge in [0, 0.05) is 55.4 Å². The molecule has 1 aromatic rings. The van der Waals surface area contributed by atoms with E-state index in [0.29, 0.717) is 23.9 Å². The monoisotopic (exact) mass is 347 g/mol. The van der Waals surface area contributed by atoms with E-state index in [4.69, 9.17) is 11.6 Å². The highest BCUT2D eigenvalue weighted by Crippen LogP contribution is 2.33. The number of amides is 1. The molecule has 0 aromatic heterocycles. The van der Waals surface area contributed by atoms with Gasteiger partial charge in [-0.15, -0.1) is 0 Å². The van der Waals surface area contributed by atoms with Gasteiger partial charge in [-0.05, 0) is 49.8 Å². The summed E-state index contributed by atoms with van der Waals surface area (Å²) < 4.78 is 0. The number of piperidine rings is 1. The lowest BCUT2D eigenvalue weighted by Gasteiger charge is -2.37. The Morgan fingerprint density at radius 3 is 2.50 bits per heavy atom. The molecule has 1 aromatic carbocycles. The molecule has 3 heterocycles. The first-order valence-electron chi connectivity index (χ1n) is 9.22. The summed E-state index contributed by atoms with van der Waals surface area (Å²) in [4.78, 5) is 17.0. The molecule has 2 unspecified atom stereocenters. The van der Waals surface area contributed by atoms with Gasteiger partial charge < -0.3 is 15.1 Å². The van der Waals surface area contributed by atoms with Gasteiger partial charge in [0.15, 0.2) is 0 Å². The molecule has 3 fully saturated rings. The van der Waals surface area contributed by atoms with E-state index in [1.807, 2.05) is 18.2 Å². The van der Waals surface area contributed by atoms with Crippen LogP contribution in [0.15, 0.2) is 24.3 Å². The fourth-order valence-corrected chi connectivity index (χ4v) is 4.79. The Morgan fingerprint density at radius 1 is 1.12 bits per heavy atom. The van der Waals surface area contributed by atoms with Gasteiger partial charge in [-0.2, -0.15) is 0 Å². The van der Waals surface area contributed by atoms with Gasteiger partial charge in [0.25, 0.3) is 0 Å². The number of halogens is 1. The molecule has 2 atom stereocenters. The van der Waals surface area contributed by atoms with E-state index in [0.717, 1.165) is 43.3 Å². The minimum absolute atomic E-state index is 0.354. The second kappa shape index (κ2) is 6.93. The molecule has 0 spiro atoms. The van der Waals surface area contributed by atoms with Crippen LogP contribution >= 0.6 is 11.6 Å². The number of nitrogens with zero attached hydrogens (tertiary/aromatic N) is 2. The van der Waals surface area contributed by atoms with Crippen LogP contribution in [0.4, 0.5) is 5.69 Å². The summed E-state index contributed by atoms with van der Waals surface area (Å²) in [5.74, 6) is 0.939. The minimum Gasteiger partial charge on any atom is -0.368 e. The van der Waals surface area contributed by atoms with Crippen LogP contribution in [0.25, 0.3) is 0 Å². The van der Waals surface area contributed by atoms with E-state index < -0.39 is 0 Å². The standard InChI is InChI=1S/C19H26ClN3O/c20-15-2-1-3-18(13-15)22-6-8-23(9-7-22)19(24)12-14-10-16-4-5-17(11-14)21-16/h1-3,13-14,16-17,21H,4-12H2. The summed E-state index contributed by atoms with van der Waals surface area (Å²) in [6.45, 7) is 3.43. The summed E-state index contributed by atoms with van der Waals surface area (Å²) in [6, 6.07) is 9.32. The fourth-order valence-electron chi connectivity index (χ4n) is 4.60. The van der Waals surface area contributed by atoms with Crippen LogP contribution in [-0.4, -0.2) is 49.1 Å². The number of nitrogens with one attached hydrogen (secondary N) is 1. The second-order valence-corrected chi connectivity index (χ2v) is 7.96. The normalized spacial score (nSPS) is 29.8. The SMILES string of the molecule is O=C(CC1CC2CCC(C1)N2)N1CCN(c2cccc(Cl)c2)CC1. The van der Waals surface area contributed by atoms with E-state index in [9.17, 15) is 4.79 Å². The largest absolute Gasteiger partial charge is 0.368 e. The molecular formula is C19H26ClN3O. The maximum atomic E-state index is 12.7. The average molecular weight is 348 g/mol. The molecular weight excluding hydrogens is 322 g/mol. The molecule has 3 aliphatic rings. The molecule has 3 aliphatic heterocycles. The summed E-state index contributed by atoms with van der Waals surface area (Å²) in [5.41, 5.74) is 1.16. The van der Waals surface area contributed by atoms with Crippen molar-refractivity contribution in [3.05, 3.63) is 29.3 Å². The van der Waals surface area contributed by atoms with Crippen LogP contribution in [-0.2, 0) is 4.79 Å². The van der Waals surface area contributed by atoms with E-state index in [2.05, 4.69) is 21.2 Å². The summed E-state index contributed by atoms with van der Waals surface area (Å²) in [7, 11) is 0. The van der Waals surface area contributed by atoms with Crippen molar-refractivity contribution >= 4 is 23.2 Å². The van der Waals surface area contributed by atoms with E-state index in [1.54, 1.807) is 0 Å². The quantitative estimate of drug-likeness (QED) is 0.913. The number of benzene rings is 1. The molecule has 130 valence electrons. The van der Waals surface area contributed by atoms with Gasteiger partial charge in [-0.3, -0.25) is 4.79 Å². The first-order valence-corrected chi connectivity index (χ1v) is 9.59. The lowest BCUT2D eigenvalue weighted by Crippen LogP contribution is -2.49. The van der Waals surface area contributed by atoms with Crippen LogP contribution in [0, 0.1) is 5.92 Å². The van der Waals surface area contributed by atoms with Crippen LogP contribution < -0.4 is 10.2 Å². The number of carbonyl (C=O) groups excluding carboxylic acids is 1. The van der Waals surface area contributed by atoms with Crippen molar-refractivity contribution in [2.75, 3.05) is 31.1 Å². The van der Waals surface area contributed by atoms with Crippen LogP contribution in [0.5, 0.6) is 0 Å². The van der Waals surface area contributed by atoms with Crippen molar-refractivity contribution in [2.45, 2.75) is 44.2 Å². The molecule has 4 nitrogen and oxygen atoms in total. The third kappa shape index (κ3) is 3.55. The van der Waals surface area contributed by atoms with Crippen LogP contribution in [0.1, 0.15) is 32.1 Å². The van der Waals surface area contributed by atoms with E-state index >= 15 is 0 Å². The average Bonchev–Trinajstić information content (AvgIpc) is 2.93. The van der Waals surface area contributed by atoms with Gasteiger partial charge >= 0.3 is 0 Å². The van der Waals surface area contributed by atoms with Gasteiger partial charge in [-0.25, -0.2) is 0 Å². The molecule has 5 heteroatoms. The fraction of sp³-hybridized carbons (Fsp3) is 0.632. The Balaban J connectivity index is 1.28. The zero-order chi connectivity index (χ0) is 16.5. The van der Waals surface area contributed by atoms with E-state index in [-0.39, 0.29) is 0 Å².